The fourth-order valence-electron chi connectivity index (χ4n) is 0.714. The van der Waals surface area contributed by atoms with Gasteiger partial charge < -0.3 is 16.4 Å². The third kappa shape index (κ3) is 7.43. The van der Waals surface area contributed by atoms with E-state index in [1.165, 1.54) is 0 Å². The van der Waals surface area contributed by atoms with E-state index in [-0.39, 0.29) is 5.91 Å². The molecule has 0 bridgehead atoms. The van der Waals surface area contributed by atoms with Crippen LogP contribution in [0.25, 0.3) is 0 Å². The Labute approximate surface area is 77.9 Å². The summed E-state index contributed by atoms with van der Waals surface area (Å²) >= 11 is 4.71. The summed E-state index contributed by atoms with van der Waals surface area (Å²) in [4.78, 5) is 12.9. The molecule has 0 aromatic carbocycles. The van der Waals surface area contributed by atoms with Crippen molar-refractivity contribution in [3.05, 3.63) is 0 Å². The number of carbonyl (C=O) groups is 1. The van der Waals surface area contributed by atoms with Crippen molar-refractivity contribution in [3.63, 3.8) is 0 Å². The minimum absolute atomic E-state index is 0.280. The first-order valence-electron chi connectivity index (χ1n) is 3.77. The van der Waals surface area contributed by atoms with Gasteiger partial charge in [0.15, 0.2) is 0 Å². The molecule has 0 radical (unpaired) electrons. The highest BCUT2D eigenvalue weighted by atomic mass is 32.1. The number of thiocarbonyl (C=S) groups is 1. The van der Waals surface area contributed by atoms with Crippen LogP contribution < -0.4 is 11.5 Å². The van der Waals surface area contributed by atoms with E-state index < -0.39 is 0 Å². The van der Waals surface area contributed by atoms with Crippen LogP contribution in [0.3, 0.4) is 0 Å². The minimum Gasteiger partial charge on any atom is -0.393 e. The van der Waals surface area contributed by atoms with Gasteiger partial charge in [-0.05, 0) is 7.05 Å². The van der Waals surface area contributed by atoms with Crippen LogP contribution in [0.5, 0.6) is 0 Å². The molecule has 0 aliphatic carbocycles. The van der Waals surface area contributed by atoms with Crippen LogP contribution in [0, 0.1) is 0 Å². The highest BCUT2D eigenvalue weighted by molar-refractivity contribution is 7.80. The Bertz CT molecular complexity index is 154. The van der Waals surface area contributed by atoms with Crippen molar-refractivity contribution >= 4 is 23.1 Å². The number of amides is 1. The molecule has 0 spiro atoms. The fraction of sp³-hybridized carbons (Fsp3) is 0.714. The van der Waals surface area contributed by atoms with E-state index in [4.69, 9.17) is 23.7 Å². The lowest BCUT2D eigenvalue weighted by atomic mass is 10.3. The molecule has 0 saturated heterocycles. The van der Waals surface area contributed by atoms with Crippen LogP contribution in [-0.4, -0.2) is 35.9 Å². The van der Waals surface area contributed by atoms with Crippen LogP contribution in [0.15, 0.2) is 0 Å². The maximum Gasteiger partial charge on any atom is 0.218 e. The van der Waals surface area contributed by atoms with E-state index in [0.717, 1.165) is 6.54 Å². The molecule has 0 fully saturated rings. The molecule has 0 aromatic rings. The van der Waals surface area contributed by atoms with Crippen LogP contribution in [0.2, 0.25) is 0 Å². The second-order valence-electron chi connectivity index (χ2n) is 2.74. The predicted octanol–water partition coefficient (Wildman–Crippen LogP) is -0.530. The highest BCUT2D eigenvalue weighted by Gasteiger charge is 2.00. The quantitative estimate of drug-likeness (QED) is 0.551. The molecular formula is C7H15N3OS. The Morgan fingerprint density at radius 1 is 1.33 bits per heavy atom. The first-order valence-corrected chi connectivity index (χ1v) is 4.18. The second kappa shape index (κ2) is 5.91. The van der Waals surface area contributed by atoms with E-state index in [2.05, 4.69) is 0 Å². The average Bonchev–Trinajstić information content (AvgIpc) is 1.96. The van der Waals surface area contributed by atoms with Gasteiger partial charge in [-0.2, -0.15) is 0 Å². The lowest BCUT2D eigenvalue weighted by Crippen LogP contribution is -2.27. The molecule has 0 saturated carbocycles. The van der Waals surface area contributed by atoms with E-state index in [0.29, 0.717) is 24.4 Å². The van der Waals surface area contributed by atoms with Gasteiger partial charge >= 0.3 is 0 Å². The average molecular weight is 189 g/mol. The smallest absolute Gasteiger partial charge is 0.218 e. The van der Waals surface area contributed by atoms with E-state index in [1.807, 2.05) is 11.9 Å². The second-order valence-corrected chi connectivity index (χ2v) is 3.26. The molecule has 0 rings (SSSR count). The van der Waals surface area contributed by atoms with Crippen LogP contribution >= 0.6 is 12.2 Å². The third-order valence-corrected chi connectivity index (χ3v) is 1.68. The summed E-state index contributed by atoms with van der Waals surface area (Å²) in [6.45, 7) is 1.44. The summed E-state index contributed by atoms with van der Waals surface area (Å²) in [5.41, 5.74) is 10.3. The van der Waals surface area contributed by atoms with Crippen LogP contribution in [-0.2, 0) is 4.79 Å². The lowest BCUT2D eigenvalue weighted by Gasteiger charge is -2.14. The summed E-state index contributed by atoms with van der Waals surface area (Å²) in [6, 6.07) is 0. The van der Waals surface area contributed by atoms with Crippen LogP contribution in [0.1, 0.15) is 12.8 Å². The van der Waals surface area contributed by atoms with Gasteiger partial charge in [-0.15, -0.1) is 0 Å². The Morgan fingerprint density at radius 2 is 1.83 bits per heavy atom. The number of hydrogen-bond donors (Lipinski definition) is 2. The number of carbonyl (C=O) groups excluding carboxylic acids is 1. The van der Waals surface area contributed by atoms with Crippen molar-refractivity contribution in [1.82, 2.24) is 4.90 Å². The molecule has 4 nitrogen and oxygen atoms in total. The molecule has 0 atom stereocenters. The molecule has 0 heterocycles. The number of nitrogens with zero attached hydrogens (tertiary/aromatic N) is 1. The number of nitrogens with two attached hydrogens (primary N) is 2. The molecular weight excluding hydrogens is 174 g/mol. The van der Waals surface area contributed by atoms with E-state index >= 15 is 0 Å². The maximum absolute atomic E-state index is 10.4. The first kappa shape index (κ1) is 11.3. The lowest BCUT2D eigenvalue weighted by molar-refractivity contribution is -0.118. The van der Waals surface area contributed by atoms with Gasteiger partial charge in [-0.3, -0.25) is 4.79 Å². The largest absolute Gasteiger partial charge is 0.393 e. The topological polar surface area (TPSA) is 72.3 Å². The number of rotatable bonds is 6. The van der Waals surface area contributed by atoms with Gasteiger partial charge in [-0.25, -0.2) is 0 Å². The maximum atomic E-state index is 10.4. The Balaban J connectivity index is 3.39. The number of hydrogen-bond acceptors (Lipinski definition) is 3. The minimum atomic E-state index is -0.280. The van der Waals surface area contributed by atoms with Gasteiger partial charge in [0.1, 0.15) is 0 Å². The molecule has 0 aromatic heterocycles. The summed E-state index contributed by atoms with van der Waals surface area (Å²) < 4.78 is 0. The van der Waals surface area contributed by atoms with Gasteiger partial charge in [-0.1, -0.05) is 12.2 Å². The molecule has 0 aliphatic rings. The molecule has 12 heavy (non-hydrogen) atoms. The fourth-order valence-corrected chi connectivity index (χ4v) is 0.805. The summed E-state index contributed by atoms with van der Waals surface area (Å²) in [7, 11) is 1.90. The first-order chi connectivity index (χ1) is 5.52. The van der Waals surface area contributed by atoms with Crippen molar-refractivity contribution in [2.75, 3.05) is 20.1 Å². The SMILES string of the molecule is CN(CCC(N)=O)CCC(N)=S. The van der Waals surface area contributed by atoms with Crippen molar-refractivity contribution in [3.8, 4) is 0 Å². The van der Waals surface area contributed by atoms with Crippen molar-refractivity contribution in [2.45, 2.75) is 12.8 Å². The molecule has 4 N–H and O–H groups in total. The van der Waals surface area contributed by atoms with Crippen LogP contribution in [0.4, 0.5) is 0 Å². The molecule has 0 aliphatic heterocycles. The zero-order valence-corrected chi connectivity index (χ0v) is 8.06. The zero-order chi connectivity index (χ0) is 9.56. The predicted molar refractivity (Wildman–Crippen MR) is 52.7 cm³/mol. The zero-order valence-electron chi connectivity index (χ0n) is 7.25. The van der Waals surface area contributed by atoms with Crippen molar-refractivity contribution < 1.29 is 4.79 Å². The Hall–Kier alpha value is -0.680. The standard InChI is InChI=1S/C7H15N3OS/c1-10(4-2-6(8)11)5-3-7(9)12/h2-5H2,1H3,(H2,8,11)(H2,9,12). The van der Waals surface area contributed by atoms with Gasteiger partial charge in [0, 0.05) is 25.9 Å². The summed E-state index contributed by atoms with van der Waals surface area (Å²) in [5, 5.41) is 0. The van der Waals surface area contributed by atoms with E-state index in [1.54, 1.807) is 0 Å². The van der Waals surface area contributed by atoms with Gasteiger partial charge in [0.25, 0.3) is 0 Å². The monoisotopic (exact) mass is 189 g/mol. The third-order valence-electron chi connectivity index (χ3n) is 1.48. The number of primary amides is 1. The highest BCUT2D eigenvalue weighted by Crippen LogP contribution is 1.89. The molecule has 0 unspecified atom stereocenters. The van der Waals surface area contributed by atoms with E-state index in [9.17, 15) is 4.79 Å². The summed E-state index contributed by atoms with van der Waals surface area (Å²) in [5.74, 6) is -0.280. The van der Waals surface area contributed by atoms with Gasteiger partial charge in [0.2, 0.25) is 5.91 Å². The normalized spacial score (nSPS) is 10.2. The molecule has 5 heteroatoms. The Morgan fingerprint density at radius 3 is 2.25 bits per heavy atom. The van der Waals surface area contributed by atoms with Gasteiger partial charge in [0.05, 0.1) is 4.99 Å². The Kier molecular flexibility index (Phi) is 5.57. The summed E-state index contributed by atoms with van der Waals surface area (Å²) in [6.07, 6.45) is 1.07. The van der Waals surface area contributed by atoms with Crippen molar-refractivity contribution in [2.24, 2.45) is 11.5 Å². The molecule has 1 amide bonds. The molecule has 70 valence electrons. The van der Waals surface area contributed by atoms with Crippen molar-refractivity contribution in [1.29, 1.82) is 0 Å².